The maximum Gasteiger partial charge on any atom is 0.227 e. The van der Waals surface area contributed by atoms with Crippen molar-refractivity contribution in [3.8, 4) is 0 Å². The Labute approximate surface area is 152 Å². The second kappa shape index (κ2) is 7.00. The third-order valence-electron chi connectivity index (χ3n) is 5.70. The van der Waals surface area contributed by atoms with E-state index < -0.39 is 0 Å². The van der Waals surface area contributed by atoms with Gasteiger partial charge in [0.05, 0.1) is 5.92 Å². The van der Waals surface area contributed by atoms with Gasteiger partial charge in [-0.25, -0.2) is 0 Å². The van der Waals surface area contributed by atoms with E-state index in [1.807, 2.05) is 30.5 Å². The van der Waals surface area contributed by atoms with Crippen LogP contribution in [0.4, 0.5) is 5.69 Å². The Balaban J connectivity index is 1.37. The molecule has 3 aliphatic rings. The van der Waals surface area contributed by atoms with Crippen molar-refractivity contribution in [1.82, 2.24) is 10.6 Å². The topological polar surface area (TPSA) is 61.4 Å². The molecule has 5 nitrogen and oxygen atoms in total. The van der Waals surface area contributed by atoms with Crippen LogP contribution in [0.1, 0.15) is 32.1 Å². The third-order valence-corrected chi connectivity index (χ3v) is 6.44. The van der Waals surface area contributed by atoms with Crippen LogP contribution in [0.2, 0.25) is 0 Å². The summed E-state index contributed by atoms with van der Waals surface area (Å²) < 4.78 is 0. The first kappa shape index (κ1) is 16.9. The van der Waals surface area contributed by atoms with Gasteiger partial charge in [-0.2, -0.15) is 0 Å². The van der Waals surface area contributed by atoms with Crippen LogP contribution in [0.5, 0.6) is 0 Å². The SMILES string of the molecule is CSc1ccc(N2CC(C(=O)NC3CC4CCC(C3)N4)CC2=O)cc1. The number of thioether (sulfide) groups is 1. The van der Waals surface area contributed by atoms with E-state index in [1.165, 1.54) is 17.7 Å². The van der Waals surface area contributed by atoms with Crippen LogP contribution >= 0.6 is 11.8 Å². The van der Waals surface area contributed by atoms with E-state index in [9.17, 15) is 9.59 Å². The summed E-state index contributed by atoms with van der Waals surface area (Å²) in [5.74, 6) is -0.148. The number of rotatable bonds is 4. The fourth-order valence-corrected chi connectivity index (χ4v) is 4.80. The first-order valence-corrected chi connectivity index (χ1v) is 10.4. The average molecular weight is 359 g/mol. The lowest BCUT2D eigenvalue weighted by atomic mass is 9.98. The van der Waals surface area contributed by atoms with Gasteiger partial charge in [0.15, 0.2) is 0 Å². The first-order valence-electron chi connectivity index (χ1n) is 9.13. The number of piperidine rings is 1. The minimum Gasteiger partial charge on any atom is -0.353 e. The van der Waals surface area contributed by atoms with Gasteiger partial charge in [-0.1, -0.05) is 0 Å². The molecule has 3 heterocycles. The molecule has 6 heteroatoms. The van der Waals surface area contributed by atoms with Gasteiger partial charge in [-0.05, 0) is 56.2 Å². The number of carbonyl (C=O) groups is 2. The van der Waals surface area contributed by atoms with Crippen molar-refractivity contribution in [2.45, 2.75) is 55.1 Å². The van der Waals surface area contributed by atoms with Crippen LogP contribution in [0.15, 0.2) is 29.2 Å². The molecule has 3 saturated heterocycles. The lowest BCUT2D eigenvalue weighted by molar-refractivity contribution is -0.127. The summed E-state index contributed by atoms with van der Waals surface area (Å²) in [4.78, 5) is 28.0. The number of anilines is 1. The van der Waals surface area contributed by atoms with Crippen LogP contribution < -0.4 is 15.5 Å². The Kier molecular flexibility index (Phi) is 4.73. The fourth-order valence-electron chi connectivity index (χ4n) is 4.39. The second-order valence-corrected chi connectivity index (χ2v) is 8.30. The van der Waals surface area contributed by atoms with Crippen molar-refractivity contribution >= 4 is 29.3 Å². The Hall–Kier alpha value is -1.53. The first-order chi connectivity index (χ1) is 12.1. The molecular weight excluding hydrogens is 334 g/mol. The Morgan fingerprint density at radius 1 is 1.20 bits per heavy atom. The second-order valence-electron chi connectivity index (χ2n) is 7.42. The normalized spacial score (nSPS) is 31.4. The van der Waals surface area contributed by atoms with Gasteiger partial charge in [-0.15, -0.1) is 11.8 Å². The zero-order valence-corrected chi connectivity index (χ0v) is 15.3. The van der Waals surface area contributed by atoms with Crippen LogP contribution in [-0.2, 0) is 9.59 Å². The molecule has 0 spiro atoms. The molecule has 0 aliphatic carbocycles. The Morgan fingerprint density at radius 2 is 1.88 bits per heavy atom. The number of hydrogen-bond donors (Lipinski definition) is 2. The number of amides is 2. The molecule has 25 heavy (non-hydrogen) atoms. The summed E-state index contributed by atoms with van der Waals surface area (Å²) in [6.45, 7) is 0.487. The standard InChI is InChI=1S/C19H25N3O2S/c1-25-17-6-4-16(5-7-17)22-11-12(8-18(22)23)19(24)21-15-9-13-2-3-14(10-15)20-13/h4-7,12-15,20H,2-3,8-11H2,1H3,(H,21,24). The molecule has 134 valence electrons. The maximum atomic E-state index is 12.7. The highest BCUT2D eigenvalue weighted by Crippen LogP contribution is 2.29. The lowest BCUT2D eigenvalue weighted by Crippen LogP contribution is -2.49. The highest BCUT2D eigenvalue weighted by molar-refractivity contribution is 7.98. The molecule has 1 aromatic carbocycles. The summed E-state index contributed by atoms with van der Waals surface area (Å²) in [6.07, 6.45) is 6.82. The third kappa shape index (κ3) is 3.55. The van der Waals surface area contributed by atoms with Gasteiger partial charge in [0.2, 0.25) is 11.8 Å². The maximum absolute atomic E-state index is 12.7. The van der Waals surface area contributed by atoms with Crippen molar-refractivity contribution in [3.63, 3.8) is 0 Å². The van der Waals surface area contributed by atoms with Gasteiger partial charge in [0.25, 0.3) is 0 Å². The predicted molar refractivity (Wildman–Crippen MR) is 99.8 cm³/mol. The van der Waals surface area contributed by atoms with Crippen molar-refractivity contribution in [2.24, 2.45) is 5.92 Å². The minimum absolute atomic E-state index is 0.0439. The quantitative estimate of drug-likeness (QED) is 0.809. The van der Waals surface area contributed by atoms with E-state index in [4.69, 9.17) is 0 Å². The molecule has 1 aromatic rings. The zero-order valence-electron chi connectivity index (χ0n) is 14.5. The van der Waals surface area contributed by atoms with Crippen molar-refractivity contribution in [1.29, 1.82) is 0 Å². The number of benzene rings is 1. The summed E-state index contributed by atoms with van der Waals surface area (Å²) >= 11 is 1.68. The van der Waals surface area contributed by atoms with Crippen LogP contribution in [0.3, 0.4) is 0 Å². The molecule has 2 bridgehead atoms. The van der Waals surface area contributed by atoms with E-state index in [0.29, 0.717) is 25.0 Å². The zero-order chi connectivity index (χ0) is 17.4. The molecule has 3 unspecified atom stereocenters. The number of hydrogen-bond acceptors (Lipinski definition) is 4. The Bertz CT molecular complexity index is 651. The minimum atomic E-state index is -0.236. The summed E-state index contributed by atoms with van der Waals surface area (Å²) in [6, 6.07) is 9.35. The van der Waals surface area contributed by atoms with E-state index in [2.05, 4.69) is 10.6 Å². The highest BCUT2D eigenvalue weighted by Gasteiger charge is 2.38. The molecule has 0 aromatic heterocycles. The largest absolute Gasteiger partial charge is 0.353 e. The summed E-state index contributed by atoms with van der Waals surface area (Å²) in [5, 5.41) is 6.80. The van der Waals surface area contributed by atoms with Crippen LogP contribution in [0, 0.1) is 5.92 Å². The van der Waals surface area contributed by atoms with Crippen LogP contribution in [0.25, 0.3) is 0 Å². The van der Waals surface area contributed by atoms with Crippen LogP contribution in [-0.4, -0.2) is 42.7 Å². The van der Waals surface area contributed by atoms with Gasteiger partial charge in [0.1, 0.15) is 0 Å². The summed E-state index contributed by atoms with van der Waals surface area (Å²) in [7, 11) is 0. The molecule has 0 radical (unpaired) electrons. The van der Waals surface area contributed by atoms with Gasteiger partial charge < -0.3 is 15.5 Å². The molecular formula is C19H25N3O2S. The van der Waals surface area contributed by atoms with E-state index in [0.717, 1.165) is 18.5 Å². The molecule has 4 rings (SSSR count). The molecule has 3 atom stereocenters. The smallest absolute Gasteiger partial charge is 0.227 e. The van der Waals surface area contributed by atoms with Crippen molar-refractivity contribution in [2.75, 3.05) is 17.7 Å². The average Bonchev–Trinajstić information content (AvgIpc) is 3.17. The van der Waals surface area contributed by atoms with Gasteiger partial charge in [0, 0.05) is 41.7 Å². The molecule has 2 N–H and O–H groups in total. The number of fused-ring (bicyclic) bond motifs is 2. The predicted octanol–water partition coefficient (Wildman–Crippen LogP) is 2.16. The molecule has 2 amide bonds. The number of carbonyl (C=O) groups excluding carboxylic acids is 2. The van der Waals surface area contributed by atoms with Crippen molar-refractivity contribution < 1.29 is 9.59 Å². The van der Waals surface area contributed by atoms with E-state index >= 15 is 0 Å². The lowest BCUT2D eigenvalue weighted by Gasteiger charge is -2.30. The monoisotopic (exact) mass is 359 g/mol. The van der Waals surface area contributed by atoms with E-state index in [-0.39, 0.29) is 23.8 Å². The molecule has 3 fully saturated rings. The number of nitrogens with zero attached hydrogens (tertiary/aromatic N) is 1. The fraction of sp³-hybridized carbons (Fsp3) is 0.579. The Morgan fingerprint density at radius 3 is 2.52 bits per heavy atom. The number of nitrogens with one attached hydrogen (secondary N) is 2. The van der Waals surface area contributed by atoms with Gasteiger partial charge in [-0.3, -0.25) is 9.59 Å². The summed E-state index contributed by atoms with van der Waals surface area (Å²) in [5.41, 5.74) is 0.887. The highest BCUT2D eigenvalue weighted by atomic mass is 32.2. The molecule has 3 aliphatic heterocycles. The van der Waals surface area contributed by atoms with E-state index in [1.54, 1.807) is 16.7 Å². The van der Waals surface area contributed by atoms with Gasteiger partial charge >= 0.3 is 0 Å². The molecule has 0 saturated carbocycles. The van der Waals surface area contributed by atoms with Crippen molar-refractivity contribution in [3.05, 3.63) is 24.3 Å².